The molecule has 0 radical (unpaired) electrons. The maximum atomic E-state index is 11.2. The summed E-state index contributed by atoms with van der Waals surface area (Å²) >= 11 is 0. The zero-order valence-corrected chi connectivity index (χ0v) is 9.80. The molecule has 11 heteroatoms. The van der Waals surface area contributed by atoms with E-state index in [9.17, 15) is 28.8 Å². The first-order valence-corrected chi connectivity index (χ1v) is 4.68. The largest absolute Gasteiger partial charge is 0.478 e. The molecular weight excluding hydrogens is 296 g/mol. The molecule has 4 N–H and O–H groups in total. The Labute approximate surface area is 114 Å². The summed E-state index contributed by atoms with van der Waals surface area (Å²) < 4.78 is 3.80. The molecule has 0 spiro atoms. The van der Waals surface area contributed by atoms with Gasteiger partial charge >= 0.3 is 35.8 Å². The van der Waals surface area contributed by atoms with E-state index in [-0.39, 0.29) is 12.2 Å². The van der Waals surface area contributed by atoms with Crippen LogP contribution in [0, 0.1) is 0 Å². The van der Waals surface area contributed by atoms with Crippen LogP contribution in [-0.2, 0) is 33.5 Å². The Morgan fingerprint density at radius 1 is 0.619 bits per heavy atom. The average Bonchev–Trinajstić information content (AvgIpc) is 2.31. The molecule has 0 aromatic heterocycles. The molecule has 0 amide bonds. The zero-order chi connectivity index (χ0) is 16.7. The number of carbonyl (C=O) groups excluding carboxylic acids is 2. The van der Waals surface area contributed by atoms with Crippen molar-refractivity contribution < 1.29 is 53.9 Å². The summed E-state index contributed by atoms with van der Waals surface area (Å²) in [4.78, 5) is 64.1. The fourth-order valence-electron chi connectivity index (χ4n) is 0.857. The first kappa shape index (κ1) is 17.5. The van der Waals surface area contributed by atoms with Crippen LogP contribution in [0.5, 0.6) is 0 Å². The van der Waals surface area contributed by atoms with Crippen molar-refractivity contribution in [1.29, 1.82) is 0 Å². The second-order valence-corrected chi connectivity index (χ2v) is 3.08. The molecule has 0 heterocycles. The van der Waals surface area contributed by atoms with Crippen molar-refractivity contribution >= 4 is 35.8 Å². The van der Waals surface area contributed by atoms with Gasteiger partial charge in [-0.1, -0.05) is 0 Å². The minimum absolute atomic E-state index is 0.0840. The molecular formula is C10H6O11. The molecule has 0 aromatic rings. The smallest absolute Gasteiger partial charge is 0.353 e. The molecule has 0 rings (SSSR count). The minimum Gasteiger partial charge on any atom is -0.478 e. The third-order valence-corrected chi connectivity index (χ3v) is 1.62. The van der Waals surface area contributed by atoms with E-state index in [1.54, 1.807) is 0 Å². The molecule has 0 aromatic carbocycles. The summed E-state index contributed by atoms with van der Waals surface area (Å²) in [6, 6.07) is 0. The molecule has 0 saturated carbocycles. The van der Waals surface area contributed by atoms with Gasteiger partial charge in [0.15, 0.2) is 11.1 Å². The molecule has 112 valence electrons. The Kier molecular flexibility index (Phi) is 5.98. The van der Waals surface area contributed by atoms with E-state index in [2.05, 4.69) is 4.74 Å². The predicted octanol–water partition coefficient (Wildman–Crippen LogP) is -1.75. The lowest BCUT2D eigenvalue weighted by atomic mass is 10.2. The number of hydrogen-bond donors (Lipinski definition) is 4. The quantitative estimate of drug-likeness (QED) is 0.188. The summed E-state index contributed by atoms with van der Waals surface area (Å²) in [5.41, 5.74) is -2.92. The monoisotopic (exact) mass is 302 g/mol. The molecule has 0 fully saturated rings. The summed E-state index contributed by atoms with van der Waals surface area (Å²) in [7, 11) is 0. The second-order valence-electron chi connectivity index (χ2n) is 3.08. The molecule has 0 bridgehead atoms. The Balaban J connectivity index is 5.36. The fraction of sp³-hybridized carbons (Fsp3) is 0. The number of carboxylic acid groups (broad SMARTS) is 4. The molecule has 0 aliphatic heterocycles. The van der Waals surface area contributed by atoms with Gasteiger partial charge in [-0.15, -0.1) is 0 Å². The van der Waals surface area contributed by atoms with Crippen LogP contribution in [0.15, 0.2) is 23.3 Å². The van der Waals surface area contributed by atoms with Crippen LogP contribution in [0.3, 0.4) is 0 Å². The van der Waals surface area contributed by atoms with Crippen LogP contribution in [0.1, 0.15) is 0 Å². The normalized spacial score (nSPS) is 11.4. The Morgan fingerprint density at radius 3 is 1.10 bits per heavy atom. The van der Waals surface area contributed by atoms with Crippen molar-refractivity contribution in [2.75, 3.05) is 0 Å². The standard InChI is InChI=1S/C10H6O11/c11-5(12)1-3(7(15)16)9(19)21-10(20)4(8(17)18)2-6(13)14/h1-2H,(H,11,12)(H,13,14)(H,15,16)(H,17,18)/b3-1+,4-2+. The molecule has 21 heavy (non-hydrogen) atoms. The topological polar surface area (TPSA) is 193 Å². The highest BCUT2D eigenvalue weighted by atomic mass is 16.6. The molecule has 11 nitrogen and oxygen atoms in total. The van der Waals surface area contributed by atoms with E-state index in [1.807, 2.05) is 0 Å². The molecule has 0 atom stereocenters. The van der Waals surface area contributed by atoms with Crippen LogP contribution in [0.25, 0.3) is 0 Å². The van der Waals surface area contributed by atoms with Crippen LogP contribution >= 0.6 is 0 Å². The van der Waals surface area contributed by atoms with E-state index in [0.717, 1.165) is 0 Å². The van der Waals surface area contributed by atoms with Gasteiger partial charge in [0.25, 0.3) is 0 Å². The van der Waals surface area contributed by atoms with Crippen LogP contribution < -0.4 is 0 Å². The lowest BCUT2D eigenvalue weighted by molar-refractivity contribution is -0.157. The third kappa shape index (κ3) is 5.78. The summed E-state index contributed by atoms with van der Waals surface area (Å²) in [6.45, 7) is 0. The Morgan fingerprint density at radius 2 is 0.905 bits per heavy atom. The average molecular weight is 302 g/mol. The van der Waals surface area contributed by atoms with Gasteiger partial charge in [0.05, 0.1) is 0 Å². The second kappa shape index (κ2) is 7.18. The number of carbonyl (C=O) groups is 6. The summed E-state index contributed by atoms with van der Waals surface area (Å²) in [5.74, 6) is -11.7. The molecule has 0 aliphatic rings. The first-order chi connectivity index (χ1) is 9.56. The van der Waals surface area contributed by atoms with Gasteiger partial charge in [-0.25, -0.2) is 28.8 Å². The summed E-state index contributed by atoms with van der Waals surface area (Å²) in [6.07, 6.45) is -0.168. The molecule has 0 saturated heterocycles. The van der Waals surface area contributed by atoms with Gasteiger partial charge < -0.3 is 25.2 Å². The summed E-state index contributed by atoms with van der Waals surface area (Å²) in [5, 5.41) is 33.7. The van der Waals surface area contributed by atoms with Gasteiger partial charge in [-0.2, -0.15) is 0 Å². The molecule has 0 unspecified atom stereocenters. The Hall–Kier alpha value is -3.50. The lowest BCUT2D eigenvalue weighted by Gasteiger charge is -2.03. The van der Waals surface area contributed by atoms with Gasteiger partial charge in [-0.05, 0) is 0 Å². The maximum Gasteiger partial charge on any atom is 0.353 e. The van der Waals surface area contributed by atoms with Gasteiger partial charge in [0.1, 0.15) is 0 Å². The first-order valence-electron chi connectivity index (χ1n) is 4.68. The van der Waals surface area contributed by atoms with Crippen molar-refractivity contribution in [3.05, 3.63) is 23.3 Å². The van der Waals surface area contributed by atoms with E-state index in [0.29, 0.717) is 0 Å². The van der Waals surface area contributed by atoms with Crippen molar-refractivity contribution in [1.82, 2.24) is 0 Å². The van der Waals surface area contributed by atoms with Crippen molar-refractivity contribution in [2.45, 2.75) is 0 Å². The van der Waals surface area contributed by atoms with Gasteiger partial charge in [0, 0.05) is 12.2 Å². The predicted molar refractivity (Wildman–Crippen MR) is 57.8 cm³/mol. The van der Waals surface area contributed by atoms with E-state index in [4.69, 9.17) is 20.4 Å². The van der Waals surface area contributed by atoms with E-state index in [1.165, 1.54) is 0 Å². The number of hydrogen-bond acceptors (Lipinski definition) is 7. The SMILES string of the molecule is O=C(O)/C=C(\C(=O)O)C(=O)OC(=O)/C(=C/C(=O)O)C(=O)O. The van der Waals surface area contributed by atoms with Crippen LogP contribution in [0.2, 0.25) is 0 Å². The highest BCUT2D eigenvalue weighted by molar-refractivity contribution is 6.23. The lowest BCUT2D eigenvalue weighted by Crippen LogP contribution is -2.24. The number of carboxylic acids is 4. The van der Waals surface area contributed by atoms with Crippen LogP contribution in [-0.4, -0.2) is 56.2 Å². The number of rotatable bonds is 6. The number of aliphatic carboxylic acids is 4. The number of esters is 2. The van der Waals surface area contributed by atoms with Gasteiger partial charge in [-0.3, -0.25) is 0 Å². The Bertz CT molecular complexity index is 540. The third-order valence-electron chi connectivity index (χ3n) is 1.62. The zero-order valence-electron chi connectivity index (χ0n) is 9.80. The van der Waals surface area contributed by atoms with Crippen molar-refractivity contribution in [2.24, 2.45) is 0 Å². The maximum absolute atomic E-state index is 11.2. The highest BCUT2D eigenvalue weighted by Crippen LogP contribution is 2.05. The van der Waals surface area contributed by atoms with E-state index >= 15 is 0 Å². The van der Waals surface area contributed by atoms with Crippen LogP contribution in [0.4, 0.5) is 0 Å². The minimum atomic E-state index is -2.05. The molecule has 0 aliphatic carbocycles. The highest BCUT2D eigenvalue weighted by Gasteiger charge is 2.28. The van der Waals surface area contributed by atoms with E-state index < -0.39 is 47.0 Å². The fourth-order valence-corrected chi connectivity index (χ4v) is 0.857. The number of ether oxygens (including phenoxy) is 1. The van der Waals surface area contributed by atoms with Crippen molar-refractivity contribution in [3.63, 3.8) is 0 Å². The van der Waals surface area contributed by atoms with Crippen molar-refractivity contribution in [3.8, 4) is 0 Å². The van der Waals surface area contributed by atoms with Gasteiger partial charge in [0.2, 0.25) is 0 Å².